The number of anilines is 1. The third kappa shape index (κ3) is 3.72. The van der Waals surface area contributed by atoms with E-state index in [4.69, 9.17) is 15.2 Å². The van der Waals surface area contributed by atoms with Gasteiger partial charge in [-0.05, 0) is 37.6 Å². The minimum absolute atomic E-state index is 0.195. The van der Waals surface area contributed by atoms with Crippen molar-refractivity contribution >= 4 is 17.6 Å². The van der Waals surface area contributed by atoms with Gasteiger partial charge in [0.05, 0.1) is 18.8 Å². The van der Waals surface area contributed by atoms with E-state index in [1.54, 1.807) is 36.9 Å². The highest BCUT2D eigenvalue weighted by molar-refractivity contribution is 5.93. The lowest BCUT2D eigenvalue weighted by Crippen LogP contribution is -2.46. The fourth-order valence-electron chi connectivity index (χ4n) is 2.23. The van der Waals surface area contributed by atoms with Crippen LogP contribution in [0, 0.1) is 6.92 Å². The lowest BCUT2D eigenvalue weighted by molar-refractivity contribution is -0.143. The number of amides is 1. The molecule has 0 aromatic heterocycles. The fourth-order valence-corrected chi connectivity index (χ4v) is 2.23. The monoisotopic (exact) mass is 292 g/mol. The van der Waals surface area contributed by atoms with E-state index in [-0.39, 0.29) is 5.91 Å². The van der Waals surface area contributed by atoms with Crippen LogP contribution in [0.3, 0.4) is 0 Å². The Morgan fingerprint density at radius 3 is 2.62 bits per heavy atom. The molecule has 0 aliphatic carbocycles. The number of ether oxygens (including phenoxy) is 2. The highest BCUT2D eigenvalue weighted by Gasteiger charge is 2.26. The van der Waals surface area contributed by atoms with Gasteiger partial charge in [-0.2, -0.15) is 0 Å². The molecule has 1 fully saturated rings. The van der Waals surface area contributed by atoms with Crippen LogP contribution in [0.2, 0.25) is 0 Å². The van der Waals surface area contributed by atoms with Crippen LogP contribution >= 0.6 is 0 Å². The van der Waals surface area contributed by atoms with Crippen LogP contribution in [0.5, 0.6) is 0 Å². The first-order chi connectivity index (χ1) is 9.99. The number of nitrogens with two attached hydrogens (primary N) is 1. The summed E-state index contributed by atoms with van der Waals surface area (Å²) in [6.07, 6.45) is -0.812. The molecule has 1 atom stereocenters. The Hall–Kier alpha value is -2.08. The molecule has 1 saturated heterocycles. The summed E-state index contributed by atoms with van der Waals surface area (Å²) in [7, 11) is 0. The third-order valence-corrected chi connectivity index (χ3v) is 3.42. The van der Waals surface area contributed by atoms with Crippen molar-refractivity contribution in [1.29, 1.82) is 0 Å². The van der Waals surface area contributed by atoms with E-state index in [1.165, 1.54) is 0 Å². The highest BCUT2D eigenvalue weighted by Crippen LogP contribution is 2.15. The number of benzene rings is 1. The van der Waals surface area contributed by atoms with Gasteiger partial charge in [-0.3, -0.25) is 4.79 Å². The SMILES string of the molecule is Cc1cc(N)ccc1C(=O)OC(C)C(=O)N1CCOCC1. The lowest BCUT2D eigenvalue weighted by atomic mass is 10.1. The van der Waals surface area contributed by atoms with Crippen molar-refractivity contribution in [3.63, 3.8) is 0 Å². The number of hydrogen-bond donors (Lipinski definition) is 1. The van der Waals surface area contributed by atoms with Gasteiger partial charge in [0, 0.05) is 18.8 Å². The zero-order chi connectivity index (χ0) is 15.4. The molecular formula is C15H20N2O4. The molecule has 1 unspecified atom stereocenters. The molecule has 0 radical (unpaired) electrons. The predicted octanol–water partition coefficient (Wildman–Crippen LogP) is 0.981. The number of hydrogen-bond acceptors (Lipinski definition) is 5. The zero-order valence-electron chi connectivity index (χ0n) is 12.3. The fraction of sp³-hybridized carbons (Fsp3) is 0.467. The molecule has 1 amide bonds. The minimum Gasteiger partial charge on any atom is -0.449 e. The van der Waals surface area contributed by atoms with Crippen LogP contribution in [-0.2, 0) is 14.3 Å². The Kier molecular flexibility index (Phi) is 4.80. The second-order valence-electron chi connectivity index (χ2n) is 5.06. The van der Waals surface area contributed by atoms with Gasteiger partial charge in [0.2, 0.25) is 0 Å². The van der Waals surface area contributed by atoms with Gasteiger partial charge in [0.25, 0.3) is 5.91 Å². The van der Waals surface area contributed by atoms with E-state index in [9.17, 15) is 9.59 Å². The molecule has 2 N–H and O–H groups in total. The third-order valence-electron chi connectivity index (χ3n) is 3.42. The number of aryl methyl sites for hydroxylation is 1. The summed E-state index contributed by atoms with van der Waals surface area (Å²) in [5, 5.41) is 0. The first-order valence-electron chi connectivity index (χ1n) is 6.92. The lowest BCUT2D eigenvalue weighted by Gasteiger charge is -2.29. The Balaban J connectivity index is 1.99. The molecule has 6 heteroatoms. The normalized spacial score (nSPS) is 16.4. The standard InChI is InChI=1S/C15H20N2O4/c1-10-9-12(16)3-4-13(10)15(19)21-11(2)14(18)17-5-7-20-8-6-17/h3-4,9,11H,5-8,16H2,1-2H3. The Bertz CT molecular complexity index is 538. The number of carbonyl (C=O) groups is 2. The van der Waals surface area contributed by atoms with Crippen molar-refractivity contribution in [1.82, 2.24) is 4.90 Å². The molecule has 2 rings (SSSR count). The van der Waals surface area contributed by atoms with Crippen LogP contribution < -0.4 is 5.73 Å². The smallest absolute Gasteiger partial charge is 0.339 e. The first-order valence-corrected chi connectivity index (χ1v) is 6.92. The summed E-state index contributed by atoms with van der Waals surface area (Å²) in [5.74, 6) is -0.707. The molecule has 1 aromatic rings. The molecule has 114 valence electrons. The van der Waals surface area contributed by atoms with Gasteiger partial charge in [-0.15, -0.1) is 0 Å². The summed E-state index contributed by atoms with van der Waals surface area (Å²) in [4.78, 5) is 25.9. The first kappa shape index (κ1) is 15.3. The van der Waals surface area contributed by atoms with E-state index in [0.29, 0.717) is 37.6 Å². The maximum Gasteiger partial charge on any atom is 0.339 e. The van der Waals surface area contributed by atoms with Crippen LogP contribution in [-0.4, -0.2) is 49.2 Å². The maximum absolute atomic E-state index is 12.2. The summed E-state index contributed by atoms with van der Waals surface area (Å²) in [6, 6.07) is 4.95. The van der Waals surface area contributed by atoms with Crippen molar-refractivity contribution in [2.45, 2.75) is 20.0 Å². The number of morpholine rings is 1. The van der Waals surface area contributed by atoms with Gasteiger partial charge in [0.1, 0.15) is 0 Å². The van der Waals surface area contributed by atoms with Crippen molar-refractivity contribution in [3.8, 4) is 0 Å². The van der Waals surface area contributed by atoms with E-state index in [0.717, 1.165) is 5.56 Å². The Morgan fingerprint density at radius 1 is 1.33 bits per heavy atom. The molecule has 1 aliphatic heterocycles. The van der Waals surface area contributed by atoms with Gasteiger partial charge in [-0.1, -0.05) is 0 Å². The molecule has 1 aromatic carbocycles. The van der Waals surface area contributed by atoms with Crippen molar-refractivity contribution in [2.24, 2.45) is 0 Å². The van der Waals surface area contributed by atoms with Crippen LogP contribution in [0.1, 0.15) is 22.8 Å². The largest absolute Gasteiger partial charge is 0.449 e. The molecule has 6 nitrogen and oxygen atoms in total. The molecular weight excluding hydrogens is 272 g/mol. The summed E-state index contributed by atoms with van der Waals surface area (Å²) < 4.78 is 10.5. The van der Waals surface area contributed by atoms with Crippen molar-refractivity contribution in [2.75, 3.05) is 32.0 Å². The van der Waals surface area contributed by atoms with Gasteiger partial charge < -0.3 is 20.1 Å². The maximum atomic E-state index is 12.2. The number of esters is 1. The minimum atomic E-state index is -0.812. The molecule has 0 bridgehead atoms. The van der Waals surface area contributed by atoms with Gasteiger partial charge >= 0.3 is 5.97 Å². The average molecular weight is 292 g/mol. The van der Waals surface area contributed by atoms with Crippen molar-refractivity contribution in [3.05, 3.63) is 29.3 Å². The number of nitrogen functional groups attached to an aromatic ring is 1. The summed E-state index contributed by atoms with van der Waals surface area (Å²) in [6.45, 7) is 5.46. The van der Waals surface area contributed by atoms with Crippen molar-refractivity contribution < 1.29 is 19.1 Å². The molecule has 21 heavy (non-hydrogen) atoms. The Labute approximate surface area is 123 Å². The highest BCUT2D eigenvalue weighted by atomic mass is 16.5. The van der Waals surface area contributed by atoms with Crippen LogP contribution in [0.15, 0.2) is 18.2 Å². The van der Waals surface area contributed by atoms with Crippen LogP contribution in [0.4, 0.5) is 5.69 Å². The van der Waals surface area contributed by atoms with Gasteiger partial charge in [0.15, 0.2) is 6.10 Å². The van der Waals surface area contributed by atoms with Crippen LogP contribution in [0.25, 0.3) is 0 Å². The second-order valence-corrected chi connectivity index (χ2v) is 5.06. The molecule has 0 spiro atoms. The predicted molar refractivity (Wildman–Crippen MR) is 77.9 cm³/mol. The quantitative estimate of drug-likeness (QED) is 0.663. The zero-order valence-corrected chi connectivity index (χ0v) is 12.3. The van der Waals surface area contributed by atoms with E-state index >= 15 is 0 Å². The average Bonchev–Trinajstić information content (AvgIpc) is 2.47. The second kappa shape index (κ2) is 6.58. The molecule has 0 saturated carbocycles. The number of carbonyl (C=O) groups excluding carboxylic acids is 2. The van der Waals surface area contributed by atoms with E-state index in [1.807, 2.05) is 0 Å². The van der Waals surface area contributed by atoms with Gasteiger partial charge in [-0.25, -0.2) is 4.79 Å². The number of rotatable bonds is 3. The molecule has 1 aliphatic rings. The number of nitrogens with zero attached hydrogens (tertiary/aromatic N) is 1. The summed E-state index contributed by atoms with van der Waals surface area (Å²) in [5.41, 5.74) is 7.38. The topological polar surface area (TPSA) is 81.9 Å². The van der Waals surface area contributed by atoms with E-state index < -0.39 is 12.1 Å². The molecule has 1 heterocycles. The van der Waals surface area contributed by atoms with E-state index in [2.05, 4.69) is 0 Å². The Morgan fingerprint density at radius 2 is 2.00 bits per heavy atom. The summed E-state index contributed by atoms with van der Waals surface area (Å²) >= 11 is 0.